The smallest absolute Gasteiger partial charge is 0.471 e. The highest BCUT2D eigenvalue weighted by molar-refractivity contribution is 5.78. The van der Waals surface area contributed by atoms with Gasteiger partial charge >= 0.3 is 12.1 Å². The largest absolute Gasteiger partial charge is 0.489 e. The Morgan fingerprint density at radius 1 is 1.09 bits per heavy atom. The second-order valence-corrected chi connectivity index (χ2v) is 6.64. The first-order valence-corrected chi connectivity index (χ1v) is 9.67. The zero-order chi connectivity index (χ0) is 23.1. The van der Waals surface area contributed by atoms with E-state index >= 15 is 0 Å². The maximum absolute atomic E-state index is 12.7. The van der Waals surface area contributed by atoms with Gasteiger partial charge in [-0.3, -0.25) is 0 Å². The fourth-order valence-corrected chi connectivity index (χ4v) is 2.78. The summed E-state index contributed by atoms with van der Waals surface area (Å²) in [5, 5.41) is 7.18. The number of pyridine rings is 1. The molecule has 0 N–H and O–H groups in total. The molecule has 0 aliphatic carbocycles. The molecule has 8 nitrogen and oxygen atoms in total. The highest BCUT2D eigenvalue weighted by atomic mass is 19.4. The third kappa shape index (κ3) is 5.96. The third-order valence-electron chi connectivity index (χ3n) is 4.13. The first-order chi connectivity index (χ1) is 15.3. The minimum atomic E-state index is -4.69. The molecule has 11 heteroatoms. The van der Waals surface area contributed by atoms with Crippen LogP contribution in [0.15, 0.2) is 40.1 Å². The molecule has 0 unspecified atom stereocenters. The van der Waals surface area contributed by atoms with Gasteiger partial charge in [-0.15, -0.1) is 0 Å². The minimum Gasteiger partial charge on any atom is -0.489 e. The van der Waals surface area contributed by atoms with Crippen LogP contribution in [0.1, 0.15) is 29.5 Å². The Labute approximate surface area is 182 Å². The molecule has 3 aromatic rings. The second kappa shape index (κ2) is 10.1. The average molecular weight is 450 g/mol. The van der Waals surface area contributed by atoms with E-state index in [-0.39, 0.29) is 19.0 Å². The third-order valence-corrected chi connectivity index (χ3v) is 4.13. The van der Waals surface area contributed by atoms with Crippen LogP contribution in [0.25, 0.3) is 11.4 Å². The molecule has 0 atom stereocenters. The molecule has 0 aliphatic rings. The number of hydrogen-bond donors (Lipinski definition) is 0. The summed E-state index contributed by atoms with van der Waals surface area (Å²) in [5.41, 5.74) is 2.61. The predicted molar refractivity (Wildman–Crippen MR) is 109 cm³/mol. The first-order valence-electron chi connectivity index (χ1n) is 9.67. The number of hydrogen-bond acceptors (Lipinski definition) is 8. The van der Waals surface area contributed by atoms with E-state index in [0.717, 1.165) is 16.7 Å². The fourth-order valence-electron chi connectivity index (χ4n) is 2.78. The molecular weight excluding hydrogens is 429 g/mol. The van der Waals surface area contributed by atoms with E-state index in [2.05, 4.69) is 24.8 Å². The van der Waals surface area contributed by atoms with Crippen molar-refractivity contribution in [2.45, 2.75) is 26.9 Å². The predicted octanol–water partition coefficient (Wildman–Crippen LogP) is 4.60. The quantitative estimate of drug-likeness (QED) is 0.267. The van der Waals surface area contributed by atoms with Crippen molar-refractivity contribution in [1.82, 2.24) is 15.1 Å². The lowest BCUT2D eigenvalue weighted by molar-refractivity contribution is -0.159. The minimum absolute atomic E-state index is 0.140. The monoisotopic (exact) mass is 450 g/mol. The number of aromatic nitrogens is 3. The van der Waals surface area contributed by atoms with Gasteiger partial charge in [0.25, 0.3) is 0 Å². The number of oxime groups is 1. The van der Waals surface area contributed by atoms with Crippen LogP contribution in [0.3, 0.4) is 0 Å². The molecule has 0 fully saturated rings. The lowest BCUT2D eigenvalue weighted by Crippen LogP contribution is -2.11. The first kappa shape index (κ1) is 23.0. The molecule has 0 saturated heterocycles. The zero-order valence-electron chi connectivity index (χ0n) is 17.6. The number of halogens is 3. The van der Waals surface area contributed by atoms with Crippen LogP contribution in [-0.2, 0) is 11.0 Å². The number of ether oxygens (including phenoxy) is 2. The summed E-state index contributed by atoms with van der Waals surface area (Å²) in [7, 11) is 0. The van der Waals surface area contributed by atoms with E-state index in [1.807, 2.05) is 6.92 Å². The van der Waals surface area contributed by atoms with Gasteiger partial charge < -0.3 is 18.8 Å². The summed E-state index contributed by atoms with van der Waals surface area (Å²) in [6, 6.07) is 6.77. The standard InChI is InChI=1S/C21H21F3N4O4/c1-4-31-26-12-15-5-6-17(25-11-15)29-7-8-30-18-13(2)9-16(10-14(18)3)19-27-20(32-28-19)21(22,23)24/h5-6,9-12H,4,7-8H2,1-3H3/b26-12+. The maximum Gasteiger partial charge on any atom is 0.471 e. The molecule has 0 aliphatic heterocycles. The zero-order valence-corrected chi connectivity index (χ0v) is 17.6. The molecule has 0 radical (unpaired) electrons. The topological polar surface area (TPSA) is 91.9 Å². The SMILES string of the molecule is CCO/N=C/c1ccc(OCCOc2c(C)cc(-c3noc(C(F)(F)F)n3)cc2C)nc1. The molecule has 1 aromatic carbocycles. The van der Waals surface area contributed by atoms with Gasteiger partial charge in [-0.2, -0.15) is 18.2 Å². The normalized spacial score (nSPS) is 11.7. The Hall–Kier alpha value is -3.63. The number of alkyl halides is 3. The second-order valence-electron chi connectivity index (χ2n) is 6.64. The van der Waals surface area contributed by atoms with Crippen LogP contribution in [-0.4, -0.2) is 41.2 Å². The van der Waals surface area contributed by atoms with Gasteiger partial charge in [0.1, 0.15) is 25.6 Å². The van der Waals surface area contributed by atoms with Gasteiger partial charge in [-0.05, 0) is 50.1 Å². The fraction of sp³-hybridized carbons (Fsp3) is 0.333. The molecule has 0 spiro atoms. The summed E-state index contributed by atoms with van der Waals surface area (Å²) in [6.45, 7) is 6.38. The molecule has 2 aromatic heterocycles. The van der Waals surface area contributed by atoms with Crippen molar-refractivity contribution >= 4 is 6.21 Å². The van der Waals surface area contributed by atoms with Crippen LogP contribution in [0.4, 0.5) is 13.2 Å². The van der Waals surface area contributed by atoms with Gasteiger partial charge in [0.05, 0.1) is 6.21 Å². The number of benzene rings is 1. The average Bonchev–Trinajstić information content (AvgIpc) is 3.25. The molecule has 2 heterocycles. The molecule has 0 bridgehead atoms. The van der Waals surface area contributed by atoms with Crippen LogP contribution >= 0.6 is 0 Å². The summed E-state index contributed by atoms with van der Waals surface area (Å²) in [4.78, 5) is 12.5. The van der Waals surface area contributed by atoms with Crippen molar-refractivity contribution in [2.75, 3.05) is 19.8 Å². The van der Waals surface area contributed by atoms with E-state index in [1.165, 1.54) is 0 Å². The van der Waals surface area contributed by atoms with Gasteiger partial charge in [0.2, 0.25) is 11.7 Å². The Kier molecular flexibility index (Phi) is 7.29. The van der Waals surface area contributed by atoms with E-state index in [4.69, 9.17) is 14.3 Å². The summed E-state index contributed by atoms with van der Waals surface area (Å²) >= 11 is 0. The maximum atomic E-state index is 12.7. The lowest BCUT2D eigenvalue weighted by atomic mass is 10.1. The number of rotatable bonds is 9. The highest BCUT2D eigenvalue weighted by Crippen LogP contribution is 2.32. The van der Waals surface area contributed by atoms with Crippen LogP contribution in [0, 0.1) is 13.8 Å². The van der Waals surface area contributed by atoms with Gasteiger partial charge in [-0.25, -0.2) is 4.98 Å². The molecule has 3 rings (SSSR count). The van der Waals surface area contributed by atoms with Gasteiger partial charge in [0, 0.05) is 23.4 Å². The van der Waals surface area contributed by atoms with E-state index in [1.54, 1.807) is 50.5 Å². The van der Waals surface area contributed by atoms with Crippen molar-refractivity contribution in [3.63, 3.8) is 0 Å². The van der Waals surface area contributed by atoms with Crippen molar-refractivity contribution in [1.29, 1.82) is 0 Å². The molecule has 0 saturated carbocycles. The van der Waals surface area contributed by atoms with Crippen LogP contribution in [0.2, 0.25) is 0 Å². The summed E-state index contributed by atoms with van der Waals surface area (Å²) in [5.74, 6) is -0.487. The Morgan fingerprint density at radius 3 is 2.41 bits per heavy atom. The van der Waals surface area contributed by atoms with Crippen LogP contribution in [0.5, 0.6) is 11.6 Å². The number of nitrogens with zero attached hydrogens (tertiary/aromatic N) is 4. The van der Waals surface area contributed by atoms with Crippen molar-refractivity contribution < 1.29 is 32.0 Å². The van der Waals surface area contributed by atoms with Crippen molar-refractivity contribution in [3.8, 4) is 23.0 Å². The van der Waals surface area contributed by atoms with Crippen LogP contribution < -0.4 is 9.47 Å². The van der Waals surface area contributed by atoms with Crippen molar-refractivity contribution in [3.05, 3.63) is 53.0 Å². The lowest BCUT2D eigenvalue weighted by Gasteiger charge is -2.13. The number of aryl methyl sites for hydroxylation is 2. The Bertz CT molecular complexity index is 1040. The summed E-state index contributed by atoms with van der Waals surface area (Å²) in [6.07, 6.45) is -1.53. The van der Waals surface area contributed by atoms with Crippen molar-refractivity contribution in [2.24, 2.45) is 5.16 Å². The van der Waals surface area contributed by atoms with E-state index in [9.17, 15) is 13.2 Å². The van der Waals surface area contributed by atoms with Gasteiger partial charge in [0.15, 0.2) is 0 Å². The molecule has 170 valence electrons. The molecular formula is C21H21F3N4O4. The Morgan fingerprint density at radius 2 is 1.81 bits per heavy atom. The van der Waals surface area contributed by atoms with Gasteiger partial charge in [-0.1, -0.05) is 10.3 Å². The highest BCUT2D eigenvalue weighted by Gasteiger charge is 2.38. The van der Waals surface area contributed by atoms with E-state index < -0.39 is 12.1 Å². The summed E-state index contributed by atoms with van der Waals surface area (Å²) < 4.78 is 53.7. The Balaban J connectivity index is 1.56. The van der Waals surface area contributed by atoms with E-state index in [0.29, 0.717) is 23.8 Å². The molecule has 32 heavy (non-hydrogen) atoms. The molecule has 0 amide bonds.